The van der Waals surface area contributed by atoms with Gasteiger partial charge in [0.25, 0.3) is 0 Å². The summed E-state index contributed by atoms with van der Waals surface area (Å²) in [5.41, 5.74) is 7.56. The van der Waals surface area contributed by atoms with Gasteiger partial charge in [0.15, 0.2) is 0 Å². The maximum absolute atomic E-state index is 9.68. The molecule has 1 saturated heterocycles. The minimum atomic E-state index is 0.521. The second-order valence-electron chi connectivity index (χ2n) is 9.73. The Morgan fingerprint density at radius 3 is 2.74 bits per heavy atom. The van der Waals surface area contributed by atoms with Crippen LogP contribution < -0.4 is 5.32 Å². The van der Waals surface area contributed by atoms with Crippen LogP contribution in [0, 0.1) is 6.92 Å². The van der Waals surface area contributed by atoms with Crippen LogP contribution in [-0.4, -0.2) is 56.3 Å². The number of fused-ring (bicyclic) bond motifs is 1. The normalized spacial score (nSPS) is 17.2. The van der Waals surface area contributed by atoms with Gasteiger partial charge in [-0.2, -0.15) is 5.06 Å². The zero-order chi connectivity index (χ0) is 23.9. The Labute approximate surface area is 209 Å². The predicted octanol–water partition coefficient (Wildman–Crippen LogP) is 5.71. The molecule has 2 aliphatic rings. The Morgan fingerprint density at radius 1 is 1.11 bits per heavy atom. The first-order valence-electron chi connectivity index (χ1n) is 12.2. The van der Waals surface area contributed by atoms with E-state index in [2.05, 4.69) is 63.5 Å². The van der Waals surface area contributed by atoms with E-state index in [1.54, 1.807) is 6.20 Å². The number of piperazine rings is 1. The van der Waals surface area contributed by atoms with Crippen LogP contribution in [0.15, 0.2) is 48.8 Å². The van der Waals surface area contributed by atoms with Crippen LogP contribution in [0.1, 0.15) is 35.4 Å². The molecule has 1 saturated carbocycles. The van der Waals surface area contributed by atoms with Crippen molar-refractivity contribution >= 4 is 34.1 Å². The molecule has 0 radical (unpaired) electrons. The summed E-state index contributed by atoms with van der Waals surface area (Å²) in [6, 6.07) is 13.1. The van der Waals surface area contributed by atoms with Gasteiger partial charge >= 0.3 is 0 Å². The van der Waals surface area contributed by atoms with Gasteiger partial charge in [-0.05, 0) is 60.6 Å². The first-order chi connectivity index (χ1) is 17.0. The van der Waals surface area contributed by atoms with Crippen molar-refractivity contribution < 1.29 is 5.21 Å². The fourth-order valence-corrected chi connectivity index (χ4v) is 5.06. The lowest BCUT2D eigenvalue weighted by Crippen LogP contribution is -2.44. The fraction of sp³-hybridized carbons (Fsp3) is 0.333. The largest absolute Gasteiger partial charge is 0.360 e. The smallest absolute Gasteiger partial charge is 0.227 e. The van der Waals surface area contributed by atoms with Gasteiger partial charge in [-0.3, -0.25) is 4.90 Å². The molecule has 180 valence electrons. The molecule has 2 aromatic heterocycles. The van der Waals surface area contributed by atoms with Crippen molar-refractivity contribution in [1.82, 2.24) is 24.9 Å². The van der Waals surface area contributed by atoms with Gasteiger partial charge in [-0.25, -0.2) is 9.97 Å². The summed E-state index contributed by atoms with van der Waals surface area (Å²) in [6.45, 7) is 6.03. The van der Waals surface area contributed by atoms with Crippen molar-refractivity contribution in [2.75, 3.05) is 31.5 Å². The van der Waals surface area contributed by atoms with Gasteiger partial charge in [0.1, 0.15) is 0 Å². The maximum Gasteiger partial charge on any atom is 0.227 e. The summed E-state index contributed by atoms with van der Waals surface area (Å²) in [6.07, 6.45) is 6.11. The number of benzene rings is 2. The molecule has 7 nitrogen and oxygen atoms in total. The lowest BCUT2D eigenvalue weighted by atomic mass is 10.0. The molecule has 1 aliphatic carbocycles. The molecule has 0 amide bonds. The highest BCUT2D eigenvalue weighted by atomic mass is 35.5. The van der Waals surface area contributed by atoms with E-state index >= 15 is 0 Å². The molecule has 3 heterocycles. The Bertz CT molecular complexity index is 1370. The third kappa shape index (κ3) is 4.90. The first-order valence-corrected chi connectivity index (χ1v) is 12.6. The molecule has 0 bridgehead atoms. The van der Waals surface area contributed by atoms with E-state index in [4.69, 9.17) is 16.6 Å². The zero-order valence-corrected chi connectivity index (χ0v) is 20.5. The van der Waals surface area contributed by atoms with Crippen molar-refractivity contribution in [1.29, 1.82) is 0 Å². The van der Waals surface area contributed by atoms with Gasteiger partial charge in [0.05, 0.1) is 16.9 Å². The third-order valence-electron chi connectivity index (χ3n) is 6.91. The monoisotopic (exact) mass is 488 g/mol. The molecule has 1 aliphatic heterocycles. The Morgan fingerprint density at radius 2 is 1.94 bits per heavy atom. The highest BCUT2D eigenvalue weighted by Gasteiger charge is 2.25. The molecule has 0 unspecified atom stereocenters. The number of anilines is 2. The van der Waals surface area contributed by atoms with Crippen molar-refractivity contribution in [3.8, 4) is 11.3 Å². The number of aryl methyl sites for hydroxylation is 1. The number of hydroxylamine groups is 2. The topological polar surface area (TPSA) is 80.3 Å². The molecule has 0 atom stereocenters. The minimum Gasteiger partial charge on any atom is -0.360 e. The zero-order valence-electron chi connectivity index (χ0n) is 19.8. The molecule has 2 fully saturated rings. The molecule has 35 heavy (non-hydrogen) atoms. The molecule has 6 rings (SSSR count). The molecule has 8 heteroatoms. The van der Waals surface area contributed by atoms with Gasteiger partial charge < -0.3 is 15.5 Å². The van der Waals surface area contributed by atoms with Gasteiger partial charge in [0.2, 0.25) is 5.95 Å². The summed E-state index contributed by atoms with van der Waals surface area (Å²) >= 11 is 6.55. The van der Waals surface area contributed by atoms with Crippen molar-refractivity contribution in [3.63, 3.8) is 0 Å². The highest BCUT2D eigenvalue weighted by molar-refractivity contribution is 6.33. The fourth-order valence-electron chi connectivity index (χ4n) is 4.87. The van der Waals surface area contributed by atoms with E-state index in [1.165, 1.54) is 34.6 Å². The van der Waals surface area contributed by atoms with E-state index in [9.17, 15) is 5.21 Å². The number of rotatable bonds is 6. The second-order valence-corrected chi connectivity index (χ2v) is 10.1. The SMILES string of the molecule is Cc1ccc2c(-c3nc(Nc4cc(CN5CCN(O)CC5)cc(C5CC5)c4)ncc3Cl)c[nH]c2c1. The molecule has 4 aromatic rings. The summed E-state index contributed by atoms with van der Waals surface area (Å²) in [5.74, 6) is 1.17. The maximum atomic E-state index is 9.68. The summed E-state index contributed by atoms with van der Waals surface area (Å²) in [4.78, 5) is 15.0. The third-order valence-corrected chi connectivity index (χ3v) is 7.19. The van der Waals surface area contributed by atoms with E-state index in [0.717, 1.165) is 41.8 Å². The van der Waals surface area contributed by atoms with Crippen LogP contribution in [0.25, 0.3) is 22.2 Å². The number of aromatic amines is 1. The van der Waals surface area contributed by atoms with Crippen LogP contribution >= 0.6 is 11.6 Å². The minimum absolute atomic E-state index is 0.521. The van der Waals surface area contributed by atoms with E-state index in [0.29, 0.717) is 35.7 Å². The van der Waals surface area contributed by atoms with Gasteiger partial charge in [-0.1, -0.05) is 29.8 Å². The van der Waals surface area contributed by atoms with E-state index in [1.807, 2.05) is 6.20 Å². The van der Waals surface area contributed by atoms with E-state index < -0.39 is 0 Å². The van der Waals surface area contributed by atoms with Crippen molar-refractivity contribution in [3.05, 3.63) is 70.5 Å². The number of hydrogen-bond acceptors (Lipinski definition) is 6. The number of H-pyrrole nitrogens is 1. The van der Waals surface area contributed by atoms with E-state index in [-0.39, 0.29) is 0 Å². The predicted molar refractivity (Wildman–Crippen MR) is 139 cm³/mol. The van der Waals surface area contributed by atoms with Crippen LogP contribution in [0.3, 0.4) is 0 Å². The standard InChI is InChI=1S/C27H29ClN6O/c1-17-2-5-22-23(14-29-25(22)10-17)26-24(28)15-30-27(32-26)31-21-12-18(11-20(13-21)19-3-4-19)16-33-6-8-34(35)9-7-33/h2,5,10-15,19,29,35H,3-4,6-9,16H2,1H3,(H,30,31,32). The van der Waals surface area contributed by atoms with Crippen molar-refractivity contribution in [2.24, 2.45) is 0 Å². The van der Waals surface area contributed by atoms with Crippen LogP contribution in [0.5, 0.6) is 0 Å². The Balaban J connectivity index is 1.29. The average molecular weight is 489 g/mol. The van der Waals surface area contributed by atoms with Gasteiger partial charge in [0, 0.05) is 61.1 Å². The lowest BCUT2D eigenvalue weighted by molar-refractivity contribution is -0.118. The summed E-state index contributed by atoms with van der Waals surface area (Å²) in [5, 5.41) is 16.1. The van der Waals surface area contributed by atoms with Crippen LogP contribution in [0.4, 0.5) is 11.6 Å². The van der Waals surface area contributed by atoms with Crippen LogP contribution in [0.2, 0.25) is 5.02 Å². The first kappa shape index (κ1) is 22.5. The summed E-state index contributed by atoms with van der Waals surface area (Å²) < 4.78 is 0. The number of halogens is 1. The Hall–Kier alpha value is -2.97. The Kier molecular flexibility index (Phi) is 5.94. The molecule has 3 N–H and O–H groups in total. The molecule has 0 spiro atoms. The highest BCUT2D eigenvalue weighted by Crippen LogP contribution is 2.42. The number of aromatic nitrogens is 3. The van der Waals surface area contributed by atoms with Crippen LogP contribution in [-0.2, 0) is 6.54 Å². The van der Waals surface area contributed by atoms with Crippen molar-refractivity contribution in [2.45, 2.75) is 32.2 Å². The number of nitrogens with zero attached hydrogens (tertiary/aromatic N) is 4. The summed E-state index contributed by atoms with van der Waals surface area (Å²) in [7, 11) is 0. The molecule has 2 aromatic carbocycles. The second kappa shape index (κ2) is 9.24. The number of nitrogens with one attached hydrogen (secondary N) is 2. The quantitative estimate of drug-likeness (QED) is 0.322. The average Bonchev–Trinajstić information content (AvgIpc) is 3.62. The lowest BCUT2D eigenvalue weighted by Gasteiger charge is -2.31. The van der Waals surface area contributed by atoms with Gasteiger partial charge in [-0.15, -0.1) is 0 Å². The molecular formula is C27H29ClN6O. The molecular weight excluding hydrogens is 460 g/mol. The number of hydrogen-bond donors (Lipinski definition) is 3.